The predicted octanol–water partition coefficient (Wildman–Crippen LogP) is 4.10. The maximum Gasteiger partial charge on any atom is 0.0491 e. The number of halogens is 2. The van der Waals surface area contributed by atoms with Crippen molar-refractivity contribution in [3.63, 3.8) is 0 Å². The molecule has 1 aliphatic rings. The molecule has 1 heterocycles. The number of alkyl halides is 1. The maximum absolute atomic E-state index is 6.25. The largest absolute Gasteiger partial charge is 0.384 e. The Hall–Kier alpha value is -0.250. The van der Waals surface area contributed by atoms with Gasteiger partial charge in [-0.05, 0) is 30.9 Å². The smallest absolute Gasteiger partial charge is 0.0491 e. The second-order valence-corrected chi connectivity index (χ2v) is 5.72. The van der Waals surface area contributed by atoms with Gasteiger partial charge in [-0.15, -0.1) is 0 Å². The molecule has 1 fully saturated rings. The van der Waals surface area contributed by atoms with Gasteiger partial charge in [-0.25, -0.2) is 0 Å². The van der Waals surface area contributed by atoms with Crippen LogP contribution in [0.1, 0.15) is 18.4 Å². The molecule has 0 spiro atoms. The summed E-state index contributed by atoms with van der Waals surface area (Å²) in [5.74, 6) is 0.706. The number of anilines is 1. The summed E-state index contributed by atoms with van der Waals surface area (Å²) in [5, 5.41) is 1.66. The summed E-state index contributed by atoms with van der Waals surface area (Å²) in [6.07, 6.45) is 2.39. The summed E-state index contributed by atoms with van der Waals surface area (Å²) in [6, 6.07) is 6.16. The highest BCUT2D eigenvalue weighted by Crippen LogP contribution is 2.32. The van der Waals surface area contributed by atoms with Gasteiger partial charge in [0.2, 0.25) is 0 Å². The number of rotatable bonds is 4. The lowest BCUT2D eigenvalue weighted by Crippen LogP contribution is -2.35. The molecule has 0 aromatic heterocycles. The first kappa shape index (κ1) is 14.2. The lowest BCUT2D eigenvalue weighted by molar-refractivity contribution is 0.139. The van der Waals surface area contributed by atoms with Crippen LogP contribution in [-0.4, -0.2) is 26.8 Å². The van der Waals surface area contributed by atoms with Crippen LogP contribution in [0.15, 0.2) is 18.2 Å². The Bertz CT molecular complexity index is 391. The Morgan fingerprint density at radius 2 is 2.11 bits per heavy atom. The number of ether oxygens (including phenoxy) is 1. The second-order valence-electron chi connectivity index (χ2n) is 4.76. The maximum atomic E-state index is 6.25. The Balaban J connectivity index is 2.07. The molecule has 1 aromatic rings. The van der Waals surface area contributed by atoms with E-state index in [0.29, 0.717) is 5.92 Å². The van der Waals surface area contributed by atoms with E-state index in [-0.39, 0.29) is 0 Å². The summed E-state index contributed by atoms with van der Waals surface area (Å²) in [6.45, 7) is 3.07. The molecule has 2 rings (SSSR count). The number of piperidine rings is 1. The van der Waals surface area contributed by atoms with E-state index in [1.165, 1.54) is 24.1 Å². The first-order valence-corrected chi connectivity index (χ1v) is 7.83. The van der Waals surface area contributed by atoms with E-state index in [4.69, 9.17) is 16.3 Å². The first-order valence-electron chi connectivity index (χ1n) is 6.33. The van der Waals surface area contributed by atoms with Crippen molar-refractivity contribution in [2.24, 2.45) is 5.92 Å². The predicted molar refractivity (Wildman–Crippen MR) is 80.9 cm³/mol. The van der Waals surface area contributed by atoms with Crippen LogP contribution < -0.4 is 4.90 Å². The molecular weight excluding hydrogens is 314 g/mol. The van der Waals surface area contributed by atoms with Crippen molar-refractivity contribution in [3.8, 4) is 0 Å². The van der Waals surface area contributed by atoms with Gasteiger partial charge in [0.05, 0.1) is 0 Å². The lowest BCUT2D eigenvalue weighted by Gasteiger charge is -2.34. The van der Waals surface area contributed by atoms with Gasteiger partial charge in [0.25, 0.3) is 0 Å². The lowest BCUT2D eigenvalue weighted by atomic mass is 9.97. The number of hydrogen-bond donors (Lipinski definition) is 0. The van der Waals surface area contributed by atoms with Gasteiger partial charge >= 0.3 is 0 Å². The van der Waals surface area contributed by atoms with Crippen molar-refractivity contribution in [1.82, 2.24) is 0 Å². The summed E-state index contributed by atoms with van der Waals surface area (Å²) in [5.41, 5.74) is 2.47. The molecule has 0 aliphatic carbocycles. The molecule has 1 saturated heterocycles. The molecule has 0 bridgehead atoms. The first-order chi connectivity index (χ1) is 8.76. The van der Waals surface area contributed by atoms with E-state index in [9.17, 15) is 0 Å². The second kappa shape index (κ2) is 6.78. The Labute approximate surface area is 122 Å². The van der Waals surface area contributed by atoms with Crippen LogP contribution >= 0.6 is 27.5 Å². The Morgan fingerprint density at radius 1 is 1.39 bits per heavy atom. The summed E-state index contributed by atoms with van der Waals surface area (Å²) in [4.78, 5) is 2.44. The highest BCUT2D eigenvalue weighted by Gasteiger charge is 2.21. The minimum atomic E-state index is 0.706. The Kier molecular flexibility index (Phi) is 5.34. The minimum Gasteiger partial charge on any atom is -0.384 e. The zero-order chi connectivity index (χ0) is 13.0. The van der Waals surface area contributed by atoms with Gasteiger partial charge in [0.1, 0.15) is 0 Å². The molecule has 0 radical (unpaired) electrons. The van der Waals surface area contributed by atoms with Crippen molar-refractivity contribution < 1.29 is 4.74 Å². The number of benzene rings is 1. The molecule has 1 aliphatic heterocycles. The fourth-order valence-electron chi connectivity index (χ4n) is 2.55. The number of nitrogens with zero attached hydrogens (tertiary/aromatic N) is 1. The molecular formula is C14H19BrClNO. The van der Waals surface area contributed by atoms with Gasteiger partial charge in [0.15, 0.2) is 0 Å². The van der Waals surface area contributed by atoms with Gasteiger partial charge in [-0.3, -0.25) is 0 Å². The molecule has 18 heavy (non-hydrogen) atoms. The van der Waals surface area contributed by atoms with E-state index in [0.717, 1.165) is 30.0 Å². The van der Waals surface area contributed by atoms with Gasteiger partial charge in [-0.1, -0.05) is 33.6 Å². The summed E-state index contributed by atoms with van der Waals surface area (Å²) in [7, 11) is 1.78. The zero-order valence-corrected chi connectivity index (χ0v) is 13.0. The molecule has 0 N–H and O–H groups in total. The third kappa shape index (κ3) is 3.19. The standard InChI is InChI=1S/C14H19BrClNO/c1-18-10-11-5-7-17(8-6-11)14-4-2-3-13(16)12(14)9-15/h2-4,11H,5-10H2,1H3. The molecule has 4 heteroatoms. The third-order valence-electron chi connectivity index (χ3n) is 3.59. The summed E-state index contributed by atoms with van der Waals surface area (Å²) < 4.78 is 5.24. The quantitative estimate of drug-likeness (QED) is 0.770. The number of hydrogen-bond acceptors (Lipinski definition) is 2. The summed E-state index contributed by atoms with van der Waals surface area (Å²) >= 11 is 9.78. The molecule has 0 unspecified atom stereocenters. The van der Waals surface area contributed by atoms with E-state index in [1.54, 1.807) is 7.11 Å². The van der Waals surface area contributed by atoms with Crippen molar-refractivity contribution in [3.05, 3.63) is 28.8 Å². The monoisotopic (exact) mass is 331 g/mol. The SMILES string of the molecule is COCC1CCN(c2cccc(Cl)c2CBr)CC1. The number of methoxy groups -OCH3 is 1. The molecule has 0 atom stereocenters. The van der Waals surface area contributed by atoms with Gasteiger partial charge in [-0.2, -0.15) is 0 Å². The van der Waals surface area contributed by atoms with Crippen molar-refractivity contribution in [2.75, 3.05) is 31.7 Å². The van der Waals surface area contributed by atoms with Crippen molar-refractivity contribution in [2.45, 2.75) is 18.2 Å². The van der Waals surface area contributed by atoms with Crippen LogP contribution in [-0.2, 0) is 10.1 Å². The van der Waals surface area contributed by atoms with Crippen LogP contribution in [0.25, 0.3) is 0 Å². The molecule has 100 valence electrons. The highest BCUT2D eigenvalue weighted by molar-refractivity contribution is 9.08. The molecule has 1 aromatic carbocycles. The topological polar surface area (TPSA) is 12.5 Å². The average Bonchev–Trinajstić information content (AvgIpc) is 2.40. The van der Waals surface area contributed by atoms with E-state index >= 15 is 0 Å². The van der Waals surface area contributed by atoms with E-state index in [1.807, 2.05) is 12.1 Å². The minimum absolute atomic E-state index is 0.706. The fraction of sp³-hybridized carbons (Fsp3) is 0.571. The molecule has 0 amide bonds. The Morgan fingerprint density at radius 3 is 2.72 bits per heavy atom. The highest BCUT2D eigenvalue weighted by atomic mass is 79.9. The molecule has 0 saturated carbocycles. The fourth-order valence-corrected chi connectivity index (χ4v) is 3.54. The van der Waals surface area contributed by atoms with Crippen LogP contribution in [0, 0.1) is 5.92 Å². The average molecular weight is 333 g/mol. The van der Waals surface area contributed by atoms with Crippen LogP contribution in [0.5, 0.6) is 0 Å². The molecule has 2 nitrogen and oxygen atoms in total. The van der Waals surface area contributed by atoms with Crippen molar-refractivity contribution >= 4 is 33.2 Å². The van der Waals surface area contributed by atoms with Gasteiger partial charge < -0.3 is 9.64 Å². The van der Waals surface area contributed by atoms with Crippen molar-refractivity contribution in [1.29, 1.82) is 0 Å². The van der Waals surface area contributed by atoms with Crippen LogP contribution in [0.3, 0.4) is 0 Å². The third-order valence-corrected chi connectivity index (χ3v) is 4.50. The van der Waals surface area contributed by atoms with Crippen LogP contribution in [0.2, 0.25) is 5.02 Å². The normalized spacial score (nSPS) is 17.2. The van der Waals surface area contributed by atoms with Crippen LogP contribution in [0.4, 0.5) is 5.69 Å². The van der Waals surface area contributed by atoms with Gasteiger partial charge in [0, 0.05) is 48.4 Å². The zero-order valence-electron chi connectivity index (χ0n) is 10.7. The van der Waals surface area contributed by atoms with E-state index in [2.05, 4.69) is 26.9 Å². The van der Waals surface area contributed by atoms with E-state index < -0.39 is 0 Å².